The maximum Gasteiger partial charge on any atom is 0.213 e. The predicted molar refractivity (Wildman–Crippen MR) is 56.2 cm³/mol. The molecule has 0 fully saturated rings. The maximum absolute atomic E-state index is 8.78. The second-order valence-electron chi connectivity index (χ2n) is 3.32. The van der Waals surface area contributed by atoms with E-state index in [9.17, 15) is 0 Å². The summed E-state index contributed by atoms with van der Waals surface area (Å²) in [5.74, 6) is 0.488. The third-order valence-corrected chi connectivity index (χ3v) is 1.75. The van der Waals surface area contributed by atoms with Crippen LogP contribution in [0.4, 0.5) is 5.69 Å². The number of hydrogen-bond donors (Lipinski definition) is 1. The number of hydrogen-bond acceptors (Lipinski definition) is 5. The number of pyridine rings is 1. The molecule has 3 N–H and O–H groups in total. The van der Waals surface area contributed by atoms with Gasteiger partial charge in [0.05, 0.1) is 6.20 Å². The maximum atomic E-state index is 8.78. The Hall–Kier alpha value is -1.37. The van der Waals surface area contributed by atoms with E-state index in [4.69, 9.17) is 15.2 Å². The van der Waals surface area contributed by atoms with Crippen molar-refractivity contribution >= 4 is 5.69 Å². The van der Waals surface area contributed by atoms with Crippen molar-refractivity contribution in [3.05, 3.63) is 18.3 Å². The molecule has 6 heteroatoms. The van der Waals surface area contributed by atoms with Crippen LogP contribution in [0.5, 0.6) is 5.88 Å². The van der Waals surface area contributed by atoms with Gasteiger partial charge in [0.15, 0.2) is 5.69 Å². The van der Waals surface area contributed by atoms with E-state index >= 15 is 0 Å². The molecule has 0 spiro atoms. The number of rotatable bonds is 5. The fourth-order valence-electron chi connectivity index (χ4n) is 0.916. The van der Waals surface area contributed by atoms with E-state index in [1.165, 1.54) is 6.20 Å². The number of nitrogens with zero attached hydrogens (tertiary/aromatic N) is 3. The van der Waals surface area contributed by atoms with Crippen molar-refractivity contribution in [2.75, 3.05) is 32.5 Å². The van der Waals surface area contributed by atoms with Crippen LogP contribution in [0.3, 0.4) is 0 Å². The molecule has 0 aliphatic rings. The lowest BCUT2D eigenvalue weighted by molar-refractivity contribution is 0.0289. The minimum Gasteiger partial charge on any atom is -0.476 e. The van der Waals surface area contributed by atoms with Crippen LogP contribution < -0.4 is 9.96 Å². The summed E-state index contributed by atoms with van der Waals surface area (Å²) in [6, 6.07) is 3.17. The summed E-state index contributed by atoms with van der Waals surface area (Å²) < 4.78 is 5.34. The van der Waals surface area contributed by atoms with E-state index in [0.717, 1.165) is 6.54 Å². The van der Waals surface area contributed by atoms with Gasteiger partial charge in [-0.1, -0.05) is 0 Å². The van der Waals surface area contributed by atoms with E-state index in [1.807, 2.05) is 19.0 Å². The van der Waals surface area contributed by atoms with Gasteiger partial charge in [-0.05, 0) is 25.4 Å². The summed E-state index contributed by atoms with van der Waals surface area (Å²) in [7, 11) is 3.92. The molecule has 1 aromatic heterocycles. The van der Waals surface area contributed by atoms with Crippen molar-refractivity contribution in [2.24, 2.45) is 0 Å². The second-order valence-corrected chi connectivity index (χ2v) is 3.32. The SMILES string of the molecule is CN(C)CCOc1ccc(N(O)[OH2+])cn1. The lowest BCUT2D eigenvalue weighted by atomic mass is 10.4. The Morgan fingerprint density at radius 1 is 1.47 bits per heavy atom. The van der Waals surface area contributed by atoms with Crippen LogP contribution in [-0.2, 0) is 0 Å². The van der Waals surface area contributed by atoms with Crippen molar-refractivity contribution < 1.29 is 15.2 Å². The number of aromatic nitrogens is 1. The van der Waals surface area contributed by atoms with E-state index in [-0.39, 0.29) is 5.23 Å². The molecule has 0 unspecified atom stereocenters. The summed E-state index contributed by atoms with van der Waals surface area (Å²) in [5, 5.41) is 15.9. The van der Waals surface area contributed by atoms with Gasteiger partial charge in [0.1, 0.15) is 6.61 Å². The van der Waals surface area contributed by atoms with Gasteiger partial charge in [-0.25, -0.2) is 10.2 Å². The molecule has 6 nitrogen and oxygen atoms in total. The van der Waals surface area contributed by atoms with Crippen LogP contribution in [0, 0.1) is 0 Å². The van der Waals surface area contributed by atoms with Crippen LogP contribution in [0.2, 0.25) is 0 Å². The molecule has 15 heavy (non-hydrogen) atoms. The van der Waals surface area contributed by atoms with Crippen LogP contribution in [0.25, 0.3) is 0 Å². The smallest absolute Gasteiger partial charge is 0.213 e. The van der Waals surface area contributed by atoms with Gasteiger partial charge in [0.2, 0.25) is 5.88 Å². The third-order valence-electron chi connectivity index (χ3n) is 1.75. The molecular formula is C9H16N3O3+. The van der Waals surface area contributed by atoms with E-state index in [2.05, 4.69) is 4.98 Å². The highest BCUT2D eigenvalue weighted by atomic mass is 16.8. The molecule has 0 saturated heterocycles. The van der Waals surface area contributed by atoms with Gasteiger partial charge in [-0.3, -0.25) is 5.21 Å². The Morgan fingerprint density at radius 2 is 2.20 bits per heavy atom. The monoisotopic (exact) mass is 214 g/mol. The molecule has 84 valence electrons. The zero-order valence-corrected chi connectivity index (χ0v) is 8.84. The molecule has 1 rings (SSSR count). The van der Waals surface area contributed by atoms with Gasteiger partial charge in [0.25, 0.3) is 0 Å². The summed E-state index contributed by atoms with van der Waals surface area (Å²) in [6.45, 7) is 1.37. The fourth-order valence-corrected chi connectivity index (χ4v) is 0.916. The minimum atomic E-state index is 0.261. The lowest BCUT2D eigenvalue weighted by Gasteiger charge is -2.10. The highest BCUT2D eigenvalue weighted by molar-refractivity contribution is 5.39. The van der Waals surface area contributed by atoms with Crippen LogP contribution >= 0.6 is 0 Å². The van der Waals surface area contributed by atoms with Crippen LogP contribution in [-0.4, -0.2) is 47.5 Å². The molecule has 1 heterocycles. The first-order chi connectivity index (χ1) is 7.09. The number of likely N-dealkylation sites (N-methyl/N-ethyl adjacent to an activating group) is 1. The molecule has 0 saturated carbocycles. The summed E-state index contributed by atoms with van der Waals surface area (Å²) in [6.07, 6.45) is 1.37. The van der Waals surface area contributed by atoms with Crippen LogP contribution in [0.15, 0.2) is 18.3 Å². The highest BCUT2D eigenvalue weighted by Gasteiger charge is 2.03. The summed E-state index contributed by atoms with van der Waals surface area (Å²) >= 11 is 0. The van der Waals surface area contributed by atoms with Crippen LogP contribution in [0.1, 0.15) is 0 Å². The van der Waals surface area contributed by atoms with E-state index in [1.54, 1.807) is 12.1 Å². The first-order valence-electron chi connectivity index (χ1n) is 4.53. The minimum absolute atomic E-state index is 0.261. The topological polar surface area (TPSA) is 71.7 Å². The number of ether oxygens (including phenoxy) is 1. The second kappa shape index (κ2) is 5.50. The zero-order chi connectivity index (χ0) is 11.3. The van der Waals surface area contributed by atoms with Crippen molar-refractivity contribution in [2.45, 2.75) is 0 Å². The third kappa shape index (κ3) is 4.11. The van der Waals surface area contributed by atoms with Gasteiger partial charge in [-0.2, -0.15) is 0 Å². The van der Waals surface area contributed by atoms with Gasteiger partial charge in [-0.15, -0.1) is 0 Å². The zero-order valence-electron chi connectivity index (χ0n) is 8.84. The van der Waals surface area contributed by atoms with E-state index in [0.29, 0.717) is 18.2 Å². The largest absolute Gasteiger partial charge is 0.476 e. The Labute approximate surface area is 88.2 Å². The Kier molecular flexibility index (Phi) is 4.29. The summed E-state index contributed by atoms with van der Waals surface area (Å²) in [5.41, 5.74) is 0.301. The molecular weight excluding hydrogens is 198 g/mol. The van der Waals surface area contributed by atoms with Gasteiger partial charge < -0.3 is 9.64 Å². The molecule has 0 bridgehead atoms. The molecule has 0 aliphatic carbocycles. The van der Waals surface area contributed by atoms with Gasteiger partial charge in [0, 0.05) is 12.6 Å². The predicted octanol–water partition coefficient (Wildman–Crippen LogP) is -0.143. The van der Waals surface area contributed by atoms with Crippen molar-refractivity contribution in [3.63, 3.8) is 0 Å². The summed E-state index contributed by atoms with van der Waals surface area (Å²) in [4.78, 5) is 5.94. The quantitative estimate of drug-likeness (QED) is 0.545. The molecule has 0 radical (unpaired) electrons. The fraction of sp³-hybridized carbons (Fsp3) is 0.444. The lowest BCUT2D eigenvalue weighted by Crippen LogP contribution is -2.19. The standard InChI is InChI=1S/C9H15N3O3/c1-11(2)5-6-15-9-4-3-8(7-10-9)12(13)14/h3-4,7,13-14H,5-6H2,1-2H3/p+1. The van der Waals surface area contributed by atoms with Crippen molar-refractivity contribution in [3.8, 4) is 5.88 Å². The first kappa shape index (κ1) is 11.7. The average molecular weight is 214 g/mol. The number of anilines is 1. The van der Waals surface area contributed by atoms with E-state index < -0.39 is 0 Å². The molecule has 1 aromatic rings. The Morgan fingerprint density at radius 3 is 2.67 bits per heavy atom. The molecule has 0 amide bonds. The Balaban J connectivity index is 2.43. The van der Waals surface area contributed by atoms with Crippen molar-refractivity contribution in [1.29, 1.82) is 0 Å². The Bertz CT molecular complexity index is 287. The first-order valence-corrected chi connectivity index (χ1v) is 4.53. The molecule has 0 aliphatic heterocycles. The molecule has 0 atom stereocenters. The average Bonchev–Trinajstić information content (AvgIpc) is 2.18. The molecule has 0 aromatic carbocycles. The normalized spacial score (nSPS) is 10.5. The van der Waals surface area contributed by atoms with Gasteiger partial charge >= 0.3 is 0 Å². The highest BCUT2D eigenvalue weighted by Crippen LogP contribution is 2.13. The van der Waals surface area contributed by atoms with Crippen molar-refractivity contribution in [1.82, 2.24) is 9.88 Å².